The van der Waals surface area contributed by atoms with Crippen LogP contribution >= 0.6 is 0 Å². The first-order chi connectivity index (χ1) is 13.5. The second kappa shape index (κ2) is 7.11. The third-order valence-electron chi connectivity index (χ3n) is 6.45. The molecular formula is C21H27NO7. The highest BCUT2D eigenvalue weighted by atomic mass is 16.6. The number of cyclic esters (lactones) is 1. The van der Waals surface area contributed by atoms with Crippen molar-refractivity contribution in [2.45, 2.75) is 44.6 Å². The van der Waals surface area contributed by atoms with Crippen LogP contribution < -0.4 is 5.11 Å². The molecule has 0 aromatic rings. The molecule has 0 saturated carbocycles. The molecule has 158 valence electrons. The quantitative estimate of drug-likeness (QED) is 0.283. The Morgan fingerprint density at radius 3 is 2.76 bits per heavy atom. The summed E-state index contributed by atoms with van der Waals surface area (Å²) in [5.74, 6) is -2.85. The smallest absolute Gasteiger partial charge is 0.351 e. The Kier molecular flexibility index (Phi) is 5.21. The maximum Gasteiger partial charge on any atom is 0.351 e. The fraction of sp³-hybridized carbons (Fsp3) is 0.571. The molecule has 5 atom stereocenters. The second-order valence-corrected chi connectivity index (χ2v) is 8.30. The third-order valence-corrected chi connectivity index (χ3v) is 6.45. The monoisotopic (exact) mass is 405 g/mol. The predicted octanol–water partition coefficient (Wildman–Crippen LogP) is 0.372. The first kappa shape index (κ1) is 21.3. The van der Waals surface area contributed by atoms with Crippen LogP contribution in [0.2, 0.25) is 0 Å². The molecule has 0 aromatic carbocycles. The highest BCUT2D eigenvalue weighted by Gasteiger charge is 2.58. The van der Waals surface area contributed by atoms with Gasteiger partial charge in [-0.05, 0) is 13.0 Å². The molecule has 3 aliphatic heterocycles. The maximum absolute atomic E-state index is 13.9. The summed E-state index contributed by atoms with van der Waals surface area (Å²) in [5.41, 5.74) is -2.95. The van der Waals surface area contributed by atoms with Gasteiger partial charge in [-0.2, -0.15) is 0 Å². The van der Waals surface area contributed by atoms with Crippen LogP contribution in [-0.2, 0) is 28.6 Å². The van der Waals surface area contributed by atoms with Crippen LogP contribution in [0.25, 0.3) is 0 Å². The summed E-state index contributed by atoms with van der Waals surface area (Å²) in [4.78, 5) is 37.4. The molecule has 8 heteroatoms. The van der Waals surface area contributed by atoms with Gasteiger partial charge in [-0.3, -0.25) is 4.79 Å². The molecule has 0 aliphatic carbocycles. The summed E-state index contributed by atoms with van der Waals surface area (Å²) >= 11 is 0. The summed E-state index contributed by atoms with van der Waals surface area (Å²) in [7, 11) is 1.81. The Labute approximate surface area is 170 Å². The number of esters is 3. The Hall–Kier alpha value is -2.45. The molecule has 0 amide bonds. The molecule has 0 radical (unpaired) electrons. The van der Waals surface area contributed by atoms with E-state index < -0.39 is 41.3 Å². The molecule has 3 rings (SSSR count). The molecule has 0 bridgehead atoms. The number of carbonyl (C=O) groups is 3. The van der Waals surface area contributed by atoms with Crippen molar-refractivity contribution in [1.82, 2.24) is 0 Å². The van der Waals surface area contributed by atoms with Crippen LogP contribution in [0.5, 0.6) is 0 Å². The van der Waals surface area contributed by atoms with Gasteiger partial charge < -0.3 is 23.8 Å². The lowest BCUT2D eigenvalue weighted by Crippen LogP contribution is -2.69. The van der Waals surface area contributed by atoms with Crippen LogP contribution in [0.15, 0.2) is 36.0 Å². The molecule has 2 unspecified atom stereocenters. The fourth-order valence-corrected chi connectivity index (χ4v) is 4.40. The molecule has 0 spiro atoms. The molecule has 29 heavy (non-hydrogen) atoms. The van der Waals surface area contributed by atoms with E-state index in [1.165, 1.54) is 26.0 Å². The minimum Gasteiger partial charge on any atom is -0.797 e. The Balaban J connectivity index is 2.08. The van der Waals surface area contributed by atoms with E-state index >= 15 is 0 Å². The van der Waals surface area contributed by atoms with Crippen LogP contribution in [0, 0.1) is 5.92 Å². The Morgan fingerprint density at radius 2 is 2.14 bits per heavy atom. The largest absolute Gasteiger partial charge is 0.797 e. The van der Waals surface area contributed by atoms with E-state index in [-0.39, 0.29) is 16.7 Å². The van der Waals surface area contributed by atoms with Gasteiger partial charge >= 0.3 is 17.9 Å². The van der Waals surface area contributed by atoms with E-state index in [2.05, 4.69) is 6.58 Å². The molecule has 0 N–H and O–H groups in total. The van der Waals surface area contributed by atoms with E-state index in [9.17, 15) is 19.5 Å². The number of hydrogen-bond acceptors (Lipinski definition) is 7. The SMILES string of the molecule is C=C/C1=C/[C@H](C)[C@](C)(OC(C)=O)C(=O)OCC2=CC[N+]3(C)CC[C@@H](OC1=O)C23[O-]. The molecule has 8 nitrogen and oxygen atoms in total. The van der Waals surface area contributed by atoms with Crippen LogP contribution in [0.1, 0.15) is 27.2 Å². The van der Waals surface area contributed by atoms with Gasteiger partial charge in [0.1, 0.15) is 6.61 Å². The zero-order valence-electron chi connectivity index (χ0n) is 17.2. The Bertz CT molecular complexity index is 831. The number of rotatable bonds is 2. The van der Waals surface area contributed by atoms with Crippen molar-refractivity contribution < 1.29 is 38.2 Å². The summed E-state index contributed by atoms with van der Waals surface area (Å²) in [6, 6.07) is 0. The van der Waals surface area contributed by atoms with Crippen LogP contribution in [0.3, 0.4) is 0 Å². The summed E-state index contributed by atoms with van der Waals surface area (Å²) in [6.07, 6.45) is 4.04. The number of hydrogen-bond donors (Lipinski definition) is 0. The average molecular weight is 405 g/mol. The van der Waals surface area contributed by atoms with Crippen molar-refractivity contribution in [2.24, 2.45) is 5.92 Å². The number of nitrogens with zero attached hydrogens (tertiary/aromatic N) is 1. The third kappa shape index (κ3) is 3.20. The first-order valence-electron chi connectivity index (χ1n) is 9.64. The first-order valence-corrected chi connectivity index (χ1v) is 9.64. The standard InChI is InChI=1S/C21H27NO7/c1-6-15-11-13(2)20(4,29-14(3)23)19(25)27-12-16-7-9-22(5)10-8-17(21(16,22)26)28-18(15)24/h6-7,11,13,17H,1,8-10,12H2,2-5H3/b15-11-/t13-,17+,20-,21?,22?/m0/s1. The lowest BCUT2D eigenvalue weighted by atomic mass is 9.88. The van der Waals surface area contributed by atoms with E-state index in [0.717, 1.165) is 0 Å². The van der Waals surface area contributed by atoms with Crippen LogP contribution in [0.4, 0.5) is 0 Å². The van der Waals surface area contributed by atoms with Gasteiger partial charge in [-0.15, -0.1) is 0 Å². The van der Waals surface area contributed by atoms with E-state index in [1.54, 1.807) is 13.0 Å². The topological polar surface area (TPSA) is 102 Å². The van der Waals surface area contributed by atoms with Crippen molar-refractivity contribution in [2.75, 3.05) is 26.7 Å². The van der Waals surface area contributed by atoms with Gasteiger partial charge in [0.05, 0.1) is 31.4 Å². The second-order valence-electron chi connectivity index (χ2n) is 8.30. The van der Waals surface area contributed by atoms with E-state index in [4.69, 9.17) is 14.2 Å². The highest BCUT2D eigenvalue weighted by molar-refractivity contribution is 5.92. The van der Waals surface area contributed by atoms with Gasteiger partial charge in [-0.25, -0.2) is 9.59 Å². The minimum atomic E-state index is -1.73. The summed E-state index contributed by atoms with van der Waals surface area (Å²) in [6.45, 7) is 8.64. The number of quaternary nitrogens is 1. The van der Waals surface area contributed by atoms with Crippen molar-refractivity contribution in [3.05, 3.63) is 36.0 Å². The normalized spacial score (nSPS) is 41.6. The highest BCUT2D eigenvalue weighted by Crippen LogP contribution is 2.43. The van der Waals surface area contributed by atoms with Gasteiger partial charge in [0.25, 0.3) is 0 Å². The van der Waals surface area contributed by atoms with Crippen molar-refractivity contribution in [3.63, 3.8) is 0 Å². The molecule has 0 aromatic heterocycles. The molecular weight excluding hydrogens is 378 g/mol. The number of likely N-dealkylation sites (N-methyl/N-ethyl adjacent to an activating group) is 1. The Morgan fingerprint density at radius 1 is 1.45 bits per heavy atom. The zero-order valence-corrected chi connectivity index (χ0v) is 17.2. The van der Waals surface area contributed by atoms with Crippen molar-refractivity contribution in [3.8, 4) is 0 Å². The molecule has 1 saturated heterocycles. The summed E-state index contributed by atoms with van der Waals surface area (Å²) < 4.78 is 16.5. The summed E-state index contributed by atoms with van der Waals surface area (Å²) in [5, 5.41) is 13.9. The van der Waals surface area contributed by atoms with Crippen molar-refractivity contribution in [1.29, 1.82) is 0 Å². The number of ether oxygens (including phenoxy) is 3. The maximum atomic E-state index is 13.9. The van der Waals surface area contributed by atoms with Gasteiger partial charge in [0, 0.05) is 24.8 Å². The predicted molar refractivity (Wildman–Crippen MR) is 99.8 cm³/mol. The average Bonchev–Trinajstić information content (AvgIpc) is 3.04. The zero-order chi connectivity index (χ0) is 21.6. The lowest BCUT2D eigenvalue weighted by Gasteiger charge is -2.49. The fourth-order valence-electron chi connectivity index (χ4n) is 4.40. The molecule has 3 aliphatic rings. The number of carbonyl (C=O) groups excluding carboxylic acids is 3. The minimum absolute atomic E-state index is 0.0949. The van der Waals surface area contributed by atoms with Gasteiger partial charge in [0.15, 0.2) is 6.10 Å². The van der Waals surface area contributed by atoms with Crippen LogP contribution in [-0.4, -0.2) is 66.6 Å². The van der Waals surface area contributed by atoms with Crippen molar-refractivity contribution >= 4 is 17.9 Å². The van der Waals surface area contributed by atoms with E-state index in [1.807, 2.05) is 7.05 Å². The lowest BCUT2D eigenvalue weighted by molar-refractivity contribution is -1.01. The molecule has 1 fully saturated rings. The molecule has 3 heterocycles. The van der Waals surface area contributed by atoms with Gasteiger partial charge in [-0.1, -0.05) is 25.7 Å². The van der Waals surface area contributed by atoms with E-state index in [0.29, 0.717) is 25.1 Å². The van der Waals surface area contributed by atoms with Gasteiger partial charge in [0.2, 0.25) is 5.60 Å².